The van der Waals surface area contributed by atoms with E-state index in [4.69, 9.17) is 0 Å². The fourth-order valence-corrected chi connectivity index (χ4v) is 2.91. The Labute approximate surface area is 136 Å². The predicted octanol–water partition coefficient (Wildman–Crippen LogP) is 5.28. The minimum atomic E-state index is -4.37. The molecular formula is C17H13F3N2S. The van der Waals surface area contributed by atoms with Crippen LogP contribution in [-0.2, 0) is 6.18 Å². The average molecular weight is 334 g/mol. The van der Waals surface area contributed by atoms with Crippen LogP contribution in [0.5, 0.6) is 0 Å². The second kappa shape index (κ2) is 6.12. The van der Waals surface area contributed by atoms with Gasteiger partial charge in [-0.15, -0.1) is 0 Å². The quantitative estimate of drug-likeness (QED) is 0.607. The molecule has 0 N–H and O–H groups in total. The second-order valence-corrected chi connectivity index (χ2v) is 5.65. The topological polar surface area (TPSA) is 17.8 Å². The standard InChI is InChI=1S/C17H13F3N2S/c1-23-16-21-11-15(12-6-3-2-4-7-12)22(16)14-9-5-8-13(10-14)17(18,19)20/h2-11H,1H3. The Kier molecular flexibility index (Phi) is 4.17. The number of rotatable bonds is 3. The summed E-state index contributed by atoms with van der Waals surface area (Å²) >= 11 is 1.39. The third-order valence-electron chi connectivity index (χ3n) is 3.41. The lowest BCUT2D eigenvalue weighted by Crippen LogP contribution is -2.07. The van der Waals surface area contributed by atoms with E-state index in [0.29, 0.717) is 10.8 Å². The highest BCUT2D eigenvalue weighted by Gasteiger charge is 2.30. The van der Waals surface area contributed by atoms with Crippen LogP contribution in [0, 0.1) is 0 Å². The normalized spacial score (nSPS) is 11.7. The first kappa shape index (κ1) is 15.7. The largest absolute Gasteiger partial charge is 0.416 e. The molecule has 0 amide bonds. The van der Waals surface area contributed by atoms with E-state index in [1.54, 1.807) is 16.8 Å². The summed E-state index contributed by atoms with van der Waals surface area (Å²) < 4.78 is 40.7. The molecule has 0 spiro atoms. The zero-order valence-electron chi connectivity index (χ0n) is 12.2. The van der Waals surface area contributed by atoms with Crippen LogP contribution in [0.1, 0.15) is 5.56 Å². The van der Waals surface area contributed by atoms with Crippen molar-refractivity contribution >= 4 is 11.8 Å². The number of thioether (sulfide) groups is 1. The van der Waals surface area contributed by atoms with Crippen LogP contribution in [0.25, 0.3) is 16.9 Å². The Morgan fingerprint density at radius 1 is 1.00 bits per heavy atom. The highest BCUT2D eigenvalue weighted by Crippen LogP contribution is 2.33. The van der Waals surface area contributed by atoms with Crippen LogP contribution in [0.2, 0.25) is 0 Å². The molecule has 3 rings (SSSR count). The fourth-order valence-electron chi connectivity index (χ4n) is 2.36. The summed E-state index contributed by atoms with van der Waals surface area (Å²) in [6.07, 6.45) is -0.842. The molecule has 0 unspecified atom stereocenters. The third kappa shape index (κ3) is 3.12. The number of hydrogen-bond donors (Lipinski definition) is 0. The highest BCUT2D eigenvalue weighted by molar-refractivity contribution is 7.98. The minimum Gasteiger partial charge on any atom is -0.287 e. The minimum absolute atomic E-state index is 0.445. The number of halogens is 3. The van der Waals surface area contributed by atoms with Gasteiger partial charge in [0.05, 0.1) is 17.5 Å². The Morgan fingerprint density at radius 3 is 2.39 bits per heavy atom. The lowest BCUT2D eigenvalue weighted by Gasteiger charge is -2.13. The Bertz CT molecular complexity index is 810. The fraction of sp³-hybridized carbons (Fsp3) is 0.118. The van der Waals surface area contributed by atoms with E-state index in [9.17, 15) is 13.2 Å². The number of hydrogen-bond acceptors (Lipinski definition) is 2. The maximum absolute atomic E-state index is 13.0. The first-order valence-electron chi connectivity index (χ1n) is 6.85. The Balaban J connectivity index is 2.18. The summed E-state index contributed by atoms with van der Waals surface area (Å²) in [6.45, 7) is 0. The van der Waals surface area contributed by atoms with Gasteiger partial charge in [-0.2, -0.15) is 13.2 Å². The molecule has 0 saturated carbocycles. The number of benzene rings is 2. The van der Waals surface area contributed by atoms with Gasteiger partial charge in [0.15, 0.2) is 5.16 Å². The first-order valence-corrected chi connectivity index (χ1v) is 8.08. The molecule has 0 aliphatic rings. The van der Waals surface area contributed by atoms with Crippen molar-refractivity contribution in [2.24, 2.45) is 0 Å². The Hall–Kier alpha value is -2.21. The van der Waals surface area contributed by atoms with E-state index in [2.05, 4.69) is 4.98 Å². The summed E-state index contributed by atoms with van der Waals surface area (Å²) in [4.78, 5) is 4.32. The van der Waals surface area contributed by atoms with Gasteiger partial charge in [-0.1, -0.05) is 48.2 Å². The van der Waals surface area contributed by atoms with Crippen LogP contribution in [0.4, 0.5) is 13.2 Å². The maximum Gasteiger partial charge on any atom is 0.416 e. The predicted molar refractivity (Wildman–Crippen MR) is 85.8 cm³/mol. The van der Waals surface area contributed by atoms with E-state index >= 15 is 0 Å². The molecule has 0 fully saturated rings. The first-order chi connectivity index (χ1) is 11.0. The molecule has 1 heterocycles. The highest BCUT2D eigenvalue weighted by atomic mass is 32.2. The van der Waals surface area contributed by atoms with E-state index in [1.165, 1.54) is 17.8 Å². The molecule has 0 aliphatic carbocycles. The van der Waals surface area contributed by atoms with E-state index in [0.717, 1.165) is 23.4 Å². The second-order valence-electron chi connectivity index (χ2n) is 4.88. The molecule has 0 saturated heterocycles. The molecule has 3 aromatic rings. The zero-order chi connectivity index (χ0) is 16.4. The maximum atomic E-state index is 13.0. The lowest BCUT2D eigenvalue weighted by atomic mass is 10.1. The molecule has 0 bridgehead atoms. The van der Waals surface area contributed by atoms with Crippen LogP contribution in [0.3, 0.4) is 0 Å². The van der Waals surface area contributed by atoms with Gasteiger partial charge in [-0.25, -0.2) is 4.98 Å². The average Bonchev–Trinajstić information content (AvgIpc) is 2.99. The van der Waals surface area contributed by atoms with Crippen LogP contribution in [-0.4, -0.2) is 15.8 Å². The SMILES string of the molecule is CSc1ncc(-c2ccccc2)n1-c1cccc(C(F)(F)F)c1. The van der Waals surface area contributed by atoms with Crippen molar-refractivity contribution in [3.05, 3.63) is 66.4 Å². The van der Waals surface area contributed by atoms with Crippen molar-refractivity contribution in [2.45, 2.75) is 11.3 Å². The monoisotopic (exact) mass is 334 g/mol. The van der Waals surface area contributed by atoms with Gasteiger partial charge in [0.1, 0.15) is 0 Å². The van der Waals surface area contributed by atoms with Crippen LogP contribution < -0.4 is 0 Å². The van der Waals surface area contributed by atoms with Gasteiger partial charge in [0, 0.05) is 11.3 Å². The van der Waals surface area contributed by atoms with Crippen LogP contribution >= 0.6 is 11.8 Å². The molecule has 1 aromatic heterocycles. The number of imidazole rings is 1. The molecular weight excluding hydrogens is 321 g/mol. The van der Waals surface area contributed by atoms with Crippen molar-refractivity contribution < 1.29 is 13.2 Å². The van der Waals surface area contributed by atoms with E-state index in [-0.39, 0.29) is 0 Å². The molecule has 118 valence electrons. The number of aromatic nitrogens is 2. The van der Waals surface area contributed by atoms with Gasteiger partial charge >= 0.3 is 6.18 Å². The van der Waals surface area contributed by atoms with E-state index < -0.39 is 11.7 Å². The molecule has 0 atom stereocenters. The van der Waals surface area contributed by atoms with Gasteiger partial charge in [0.2, 0.25) is 0 Å². The van der Waals surface area contributed by atoms with Gasteiger partial charge in [-0.05, 0) is 24.5 Å². The van der Waals surface area contributed by atoms with Crippen molar-refractivity contribution in [1.29, 1.82) is 0 Å². The summed E-state index contributed by atoms with van der Waals surface area (Å²) in [5, 5.41) is 0.642. The van der Waals surface area contributed by atoms with Gasteiger partial charge < -0.3 is 0 Å². The molecule has 0 radical (unpaired) electrons. The van der Waals surface area contributed by atoms with Crippen molar-refractivity contribution in [2.75, 3.05) is 6.26 Å². The smallest absolute Gasteiger partial charge is 0.287 e. The molecule has 6 heteroatoms. The zero-order valence-corrected chi connectivity index (χ0v) is 13.0. The van der Waals surface area contributed by atoms with E-state index in [1.807, 2.05) is 36.6 Å². The molecule has 0 aliphatic heterocycles. The summed E-state index contributed by atoms with van der Waals surface area (Å²) in [6, 6.07) is 14.8. The number of nitrogens with zero attached hydrogens (tertiary/aromatic N) is 2. The molecule has 23 heavy (non-hydrogen) atoms. The van der Waals surface area contributed by atoms with Gasteiger partial charge in [0.25, 0.3) is 0 Å². The molecule has 2 aromatic carbocycles. The number of alkyl halides is 3. The van der Waals surface area contributed by atoms with Crippen molar-refractivity contribution in [3.8, 4) is 16.9 Å². The Morgan fingerprint density at radius 2 is 1.74 bits per heavy atom. The third-order valence-corrected chi connectivity index (χ3v) is 4.07. The summed E-state index contributed by atoms with van der Waals surface area (Å²) in [5.74, 6) is 0. The van der Waals surface area contributed by atoms with Crippen LogP contribution in [0.15, 0.2) is 66.0 Å². The lowest BCUT2D eigenvalue weighted by molar-refractivity contribution is -0.137. The van der Waals surface area contributed by atoms with Gasteiger partial charge in [-0.3, -0.25) is 4.57 Å². The molecule has 2 nitrogen and oxygen atoms in total. The van der Waals surface area contributed by atoms with Crippen molar-refractivity contribution in [3.63, 3.8) is 0 Å². The summed E-state index contributed by atoms with van der Waals surface area (Å²) in [5.41, 5.74) is 1.43. The van der Waals surface area contributed by atoms with Crippen molar-refractivity contribution in [1.82, 2.24) is 9.55 Å². The summed E-state index contributed by atoms with van der Waals surface area (Å²) in [7, 11) is 0.